The zero-order chi connectivity index (χ0) is 13.4. The van der Waals surface area contributed by atoms with Crippen LogP contribution in [-0.2, 0) is 6.54 Å². The molecule has 0 aromatic carbocycles. The Morgan fingerprint density at radius 2 is 2.00 bits per heavy atom. The Kier molecular flexibility index (Phi) is 3.92. The first-order valence-electron chi connectivity index (χ1n) is 7.61. The molecule has 19 heavy (non-hydrogen) atoms. The standard InChI is InChI=1S/C15H25N3S/c1-10-5-7-18(8-6-10)9-13-17-14(12-3-4-12)15(19-13)11(2)16/h10-12H,3-9,16H2,1-2H3. The van der Waals surface area contributed by atoms with Crippen LogP contribution in [0.3, 0.4) is 0 Å². The van der Waals surface area contributed by atoms with Gasteiger partial charge in [0.1, 0.15) is 5.01 Å². The zero-order valence-corrected chi connectivity index (χ0v) is 12.9. The molecule has 0 amide bonds. The average molecular weight is 279 g/mol. The number of rotatable bonds is 4. The lowest BCUT2D eigenvalue weighted by molar-refractivity contribution is 0.185. The van der Waals surface area contributed by atoms with Gasteiger partial charge in [0.05, 0.1) is 12.2 Å². The second-order valence-electron chi connectivity index (χ2n) is 6.38. The van der Waals surface area contributed by atoms with Gasteiger partial charge in [-0.1, -0.05) is 6.92 Å². The lowest BCUT2D eigenvalue weighted by atomic mass is 9.99. The molecule has 1 aromatic heterocycles. The van der Waals surface area contributed by atoms with E-state index in [0.717, 1.165) is 12.5 Å². The van der Waals surface area contributed by atoms with Crippen molar-refractivity contribution in [1.82, 2.24) is 9.88 Å². The van der Waals surface area contributed by atoms with Crippen LogP contribution in [-0.4, -0.2) is 23.0 Å². The predicted molar refractivity (Wildman–Crippen MR) is 80.4 cm³/mol. The van der Waals surface area contributed by atoms with Crippen LogP contribution in [0.4, 0.5) is 0 Å². The molecule has 2 fully saturated rings. The van der Waals surface area contributed by atoms with E-state index in [1.165, 1.54) is 54.4 Å². The second kappa shape index (κ2) is 5.51. The molecule has 1 aliphatic heterocycles. The number of aromatic nitrogens is 1. The van der Waals surface area contributed by atoms with Gasteiger partial charge in [-0.15, -0.1) is 11.3 Å². The number of nitrogens with zero attached hydrogens (tertiary/aromatic N) is 2. The Hall–Kier alpha value is -0.450. The van der Waals surface area contributed by atoms with Crippen LogP contribution >= 0.6 is 11.3 Å². The third-order valence-electron chi connectivity index (χ3n) is 4.34. The summed E-state index contributed by atoms with van der Waals surface area (Å²) in [7, 11) is 0. The monoisotopic (exact) mass is 279 g/mol. The van der Waals surface area contributed by atoms with E-state index in [0.29, 0.717) is 5.92 Å². The van der Waals surface area contributed by atoms with Crippen molar-refractivity contribution in [3.05, 3.63) is 15.6 Å². The molecule has 1 saturated heterocycles. The molecular weight excluding hydrogens is 254 g/mol. The minimum Gasteiger partial charge on any atom is -0.323 e. The molecular formula is C15H25N3S. The van der Waals surface area contributed by atoms with Crippen molar-refractivity contribution in [2.45, 2.75) is 58.0 Å². The van der Waals surface area contributed by atoms with E-state index in [1.54, 1.807) is 0 Å². The molecule has 1 atom stereocenters. The molecule has 3 nitrogen and oxygen atoms in total. The number of piperidine rings is 1. The van der Waals surface area contributed by atoms with Crippen LogP contribution in [0.15, 0.2) is 0 Å². The van der Waals surface area contributed by atoms with Gasteiger partial charge in [-0.05, 0) is 51.6 Å². The fourth-order valence-electron chi connectivity index (χ4n) is 2.85. The first-order chi connectivity index (χ1) is 9.13. The number of likely N-dealkylation sites (tertiary alicyclic amines) is 1. The summed E-state index contributed by atoms with van der Waals surface area (Å²) in [4.78, 5) is 8.80. The highest BCUT2D eigenvalue weighted by Crippen LogP contribution is 2.44. The van der Waals surface area contributed by atoms with Gasteiger partial charge in [0.2, 0.25) is 0 Å². The Morgan fingerprint density at radius 1 is 1.32 bits per heavy atom. The summed E-state index contributed by atoms with van der Waals surface area (Å²) in [6.07, 6.45) is 5.29. The SMILES string of the molecule is CC1CCN(Cc2nc(C3CC3)c(C(C)N)s2)CC1. The highest BCUT2D eigenvalue weighted by Gasteiger charge is 2.31. The molecule has 0 bridgehead atoms. The van der Waals surface area contributed by atoms with Crippen LogP contribution in [0.2, 0.25) is 0 Å². The van der Waals surface area contributed by atoms with E-state index < -0.39 is 0 Å². The maximum Gasteiger partial charge on any atom is 0.107 e. The van der Waals surface area contributed by atoms with Crippen LogP contribution in [0, 0.1) is 5.92 Å². The maximum absolute atomic E-state index is 6.10. The van der Waals surface area contributed by atoms with Crippen molar-refractivity contribution in [3.63, 3.8) is 0 Å². The zero-order valence-electron chi connectivity index (χ0n) is 12.1. The van der Waals surface area contributed by atoms with Gasteiger partial charge in [0, 0.05) is 16.8 Å². The van der Waals surface area contributed by atoms with E-state index in [2.05, 4.69) is 18.7 Å². The second-order valence-corrected chi connectivity index (χ2v) is 7.49. The highest BCUT2D eigenvalue weighted by atomic mass is 32.1. The minimum absolute atomic E-state index is 0.142. The summed E-state index contributed by atoms with van der Waals surface area (Å²) in [6, 6.07) is 0.142. The topological polar surface area (TPSA) is 42.2 Å². The van der Waals surface area contributed by atoms with Gasteiger partial charge in [0.25, 0.3) is 0 Å². The summed E-state index contributed by atoms with van der Waals surface area (Å²) in [5, 5.41) is 1.28. The van der Waals surface area contributed by atoms with Crippen molar-refractivity contribution in [3.8, 4) is 0 Å². The van der Waals surface area contributed by atoms with Gasteiger partial charge in [-0.25, -0.2) is 4.98 Å². The van der Waals surface area contributed by atoms with Crippen molar-refractivity contribution in [2.24, 2.45) is 11.7 Å². The Labute approximate surface area is 120 Å². The smallest absolute Gasteiger partial charge is 0.107 e. The minimum atomic E-state index is 0.142. The summed E-state index contributed by atoms with van der Waals surface area (Å²) in [5.41, 5.74) is 7.42. The maximum atomic E-state index is 6.10. The molecule has 1 unspecified atom stereocenters. The Balaban J connectivity index is 1.69. The average Bonchev–Trinajstić information content (AvgIpc) is 3.13. The summed E-state index contributed by atoms with van der Waals surface area (Å²) in [6.45, 7) is 7.94. The molecule has 1 aliphatic carbocycles. The molecule has 106 valence electrons. The quantitative estimate of drug-likeness (QED) is 0.919. The van der Waals surface area contributed by atoms with Gasteiger partial charge >= 0.3 is 0 Å². The van der Waals surface area contributed by atoms with Crippen molar-refractivity contribution in [2.75, 3.05) is 13.1 Å². The first kappa shape index (κ1) is 13.5. The number of hydrogen-bond donors (Lipinski definition) is 1. The molecule has 2 aliphatic rings. The van der Waals surface area contributed by atoms with E-state index in [1.807, 2.05) is 11.3 Å². The third kappa shape index (κ3) is 3.18. The Morgan fingerprint density at radius 3 is 2.58 bits per heavy atom. The van der Waals surface area contributed by atoms with E-state index >= 15 is 0 Å². The van der Waals surface area contributed by atoms with E-state index in [9.17, 15) is 0 Å². The normalized spacial score (nSPS) is 23.7. The largest absolute Gasteiger partial charge is 0.323 e. The molecule has 2 N–H and O–H groups in total. The summed E-state index contributed by atoms with van der Waals surface area (Å²) in [5.74, 6) is 1.61. The molecule has 3 rings (SSSR count). The number of thiazole rings is 1. The predicted octanol–water partition coefficient (Wildman–Crippen LogP) is 3.27. The van der Waals surface area contributed by atoms with Crippen molar-refractivity contribution >= 4 is 11.3 Å². The summed E-state index contributed by atoms with van der Waals surface area (Å²) >= 11 is 1.85. The van der Waals surface area contributed by atoms with Crippen molar-refractivity contribution in [1.29, 1.82) is 0 Å². The Bertz CT molecular complexity index is 409. The first-order valence-corrected chi connectivity index (χ1v) is 8.42. The molecule has 1 saturated carbocycles. The molecule has 2 heterocycles. The van der Waals surface area contributed by atoms with Gasteiger partial charge < -0.3 is 5.73 Å². The van der Waals surface area contributed by atoms with Crippen LogP contribution in [0.5, 0.6) is 0 Å². The molecule has 0 spiro atoms. The van der Waals surface area contributed by atoms with Gasteiger partial charge in [-0.3, -0.25) is 4.90 Å². The fourth-order valence-corrected chi connectivity index (χ4v) is 3.99. The van der Waals surface area contributed by atoms with Crippen LogP contribution in [0.25, 0.3) is 0 Å². The van der Waals surface area contributed by atoms with Crippen LogP contribution < -0.4 is 5.73 Å². The molecule has 4 heteroatoms. The fraction of sp³-hybridized carbons (Fsp3) is 0.800. The molecule has 0 radical (unpaired) electrons. The third-order valence-corrected chi connectivity index (χ3v) is 5.59. The van der Waals surface area contributed by atoms with E-state index in [-0.39, 0.29) is 6.04 Å². The van der Waals surface area contributed by atoms with Gasteiger partial charge in [0.15, 0.2) is 0 Å². The van der Waals surface area contributed by atoms with Crippen LogP contribution in [0.1, 0.15) is 67.1 Å². The highest BCUT2D eigenvalue weighted by molar-refractivity contribution is 7.11. The number of nitrogens with two attached hydrogens (primary N) is 1. The van der Waals surface area contributed by atoms with Crippen molar-refractivity contribution < 1.29 is 0 Å². The molecule has 1 aromatic rings. The lowest BCUT2D eigenvalue weighted by Gasteiger charge is -2.29. The number of hydrogen-bond acceptors (Lipinski definition) is 4. The lowest BCUT2D eigenvalue weighted by Crippen LogP contribution is -2.32. The summed E-state index contributed by atoms with van der Waals surface area (Å²) < 4.78 is 0. The van der Waals surface area contributed by atoms with E-state index in [4.69, 9.17) is 10.7 Å². The van der Waals surface area contributed by atoms with Gasteiger partial charge in [-0.2, -0.15) is 0 Å².